The minimum absolute atomic E-state index is 0.116. The summed E-state index contributed by atoms with van der Waals surface area (Å²) in [6, 6.07) is 74.5. The summed E-state index contributed by atoms with van der Waals surface area (Å²) in [6.07, 6.45) is 0. The lowest BCUT2D eigenvalue weighted by molar-refractivity contribution is 0.436. The molecule has 4 aliphatic rings. The molecule has 0 fully saturated rings. The molecule has 0 unspecified atom stereocenters. The van der Waals surface area contributed by atoms with Gasteiger partial charge in [-0.1, -0.05) is 173 Å². The van der Waals surface area contributed by atoms with E-state index in [0.29, 0.717) is 0 Å². The van der Waals surface area contributed by atoms with Crippen molar-refractivity contribution in [3.63, 3.8) is 0 Å². The van der Waals surface area contributed by atoms with Gasteiger partial charge in [-0.05, 0) is 132 Å². The molecular weight excluding hydrogens is 763 g/mol. The molecular formula is C61H45NO. The minimum atomic E-state index is -0.508. The van der Waals surface area contributed by atoms with Crippen LogP contribution in [0.1, 0.15) is 72.2 Å². The van der Waals surface area contributed by atoms with Gasteiger partial charge in [-0.2, -0.15) is 0 Å². The van der Waals surface area contributed by atoms with Crippen LogP contribution in [0.5, 0.6) is 11.5 Å². The van der Waals surface area contributed by atoms with Crippen molar-refractivity contribution in [3.8, 4) is 56.0 Å². The number of hydrogen-bond donors (Lipinski definition) is 0. The number of hydrogen-bond acceptors (Lipinski definition) is 2. The SMILES string of the molecule is CC1(C)c2ccccc2-c2ccc(N(c3ccc(-c4ccc5c(c4)C4(c6ccccc6Oc6ccccc64)c4ccccc4-5)cc3)c3ccc4c(c3)C(C)(C)c3ccccc3-4)cc21. The van der Waals surface area contributed by atoms with Crippen LogP contribution >= 0.6 is 0 Å². The molecule has 0 bridgehead atoms. The third-order valence-electron chi connectivity index (χ3n) is 15.0. The molecule has 0 aromatic heterocycles. The minimum Gasteiger partial charge on any atom is -0.457 e. The maximum absolute atomic E-state index is 6.62. The molecule has 0 radical (unpaired) electrons. The number of nitrogens with zero attached hydrogens (tertiary/aromatic N) is 1. The summed E-state index contributed by atoms with van der Waals surface area (Å²) in [4.78, 5) is 2.46. The third kappa shape index (κ3) is 4.84. The van der Waals surface area contributed by atoms with Gasteiger partial charge < -0.3 is 9.64 Å². The summed E-state index contributed by atoms with van der Waals surface area (Å²) in [7, 11) is 0. The first-order valence-corrected chi connectivity index (χ1v) is 22.3. The average Bonchev–Trinajstić information content (AvgIpc) is 3.84. The summed E-state index contributed by atoms with van der Waals surface area (Å²) < 4.78 is 6.62. The highest BCUT2D eigenvalue weighted by molar-refractivity contribution is 5.92. The monoisotopic (exact) mass is 807 g/mol. The van der Waals surface area contributed by atoms with Crippen molar-refractivity contribution in [1.29, 1.82) is 0 Å². The fourth-order valence-corrected chi connectivity index (χ4v) is 11.9. The van der Waals surface area contributed by atoms with E-state index in [9.17, 15) is 0 Å². The van der Waals surface area contributed by atoms with E-state index in [2.05, 4.69) is 233 Å². The number of benzene rings is 9. The average molecular weight is 808 g/mol. The topological polar surface area (TPSA) is 12.5 Å². The zero-order valence-corrected chi connectivity index (χ0v) is 35.9. The van der Waals surface area contributed by atoms with Gasteiger partial charge in [0, 0.05) is 39.0 Å². The molecule has 2 heteroatoms. The summed E-state index contributed by atoms with van der Waals surface area (Å²) in [5, 5.41) is 0. The summed E-state index contributed by atoms with van der Waals surface area (Å²) in [5.74, 6) is 1.82. The lowest BCUT2D eigenvalue weighted by Gasteiger charge is -2.39. The van der Waals surface area contributed by atoms with Gasteiger partial charge in [0.15, 0.2) is 0 Å². The van der Waals surface area contributed by atoms with Crippen LogP contribution in [0.25, 0.3) is 44.5 Å². The van der Waals surface area contributed by atoms with Crippen molar-refractivity contribution in [3.05, 3.63) is 245 Å². The Hall–Kier alpha value is -7.42. The lowest BCUT2D eigenvalue weighted by atomic mass is 9.66. The number of rotatable bonds is 4. The van der Waals surface area contributed by atoms with E-state index in [0.717, 1.165) is 28.6 Å². The fourth-order valence-electron chi connectivity index (χ4n) is 11.9. The maximum Gasteiger partial charge on any atom is 0.132 e. The highest BCUT2D eigenvalue weighted by Gasteiger charge is 2.51. The molecule has 0 N–H and O–H groups in total. The van der Waals surface area contributed by atoms with Crippen molar-refractivity contribution in [2.75, 3.05) is 4.90 Å². The molecule has 0 saturated carbocycles. The zero-order chi connectivity index (χ0) is 42.2. The van der Waals surface area contributed by atoms with E-state index in [1.807, 2.05) is 0 Å². The Balaban J connectivity index is 0.962. The van der Waals surface area contributed by atoms with E-state index in [1.54, 1.807) is 0 Å². The molecule has 3 aliphatic carbocycles. The van der Waals surface area contributed by atoms with Crippen molar-refractivity contribution in [1.82, 2.24) is 0 Å². The second kappa shape index (κ2) is 12.8. The van der Waals surface area contributed by atoms with Gasteiger partial charge in [0.05, 0.1) is 5.41 Å². The quantitative estimate of drug-likeness (QED) is 0.176. The normalized spacial score (nSPS) is 15.5. The standard InChI is InChI=1S/C61H45NO/c1-59(2)49-18-8-5-15-43(49)46-33-30-41(36-54(46)59)62(42-31-34-47-44-16-6-9-19-50(44)60(3,4)55(47)37-42)40-28-25-38(26-29-40)39-27-32-48-45-17-7-10-20-51(45)61(56(48)35-39)52-21-11-13-23-57(52)63-58-24-14-12-22-53(58)61/h5-37H,1-4H3. The molecule has 1 heterocycles. The van der Waals surface area contributed by atoms with Gasteiger partial charge in [0.25, 0.3) is 0 Å². The van der Waals surface area contributed by atoms with Crippen molar-refractivity contribution < 1.29 is 4.74 Å². The summed E-state index contributed by atoms with van der Waals surface area (Å²) >= 11 is 0. The molecule has 1 spiro atoms. The summed E-state index contributed by atoms with van der Waals surface area (Å²) in [6.45, 7) is 9.47. The molecule has 300 valence electrons. The van der Waals surface area contributed by atoms with E-state index in [1.165, 1.54) is 89.0 Å². The second-order valence-electron chi connectivity index (χ2n) is 18.8. The van der Waals surface area contributed by atoms with Gasteiger partial charge in [0.2, 0.25) is 0 Å². The molecule has 9 aromatic rings. The van der Waals surface area contributed by atoms with Gasteiger partial charge in [-0.3, -0.25) is 0 Å². The van der Waals surface area contributed by atoms with Crippen LogP contribution in [0.3, 0.4) is 0 Å². The number of ether oxygens (including phenoxy) is 1. The zero-order valence-electron chi connectivity index (χ0n) is 35.9. The van der Waals surface area contributed by atoms with Gasteiger partial charge in [0.1, 0.15) is 11.5 Å². The molecule has 63 heavy (non-hydrogen) atoms. The Morgan fingerprint density at radius 3 is 1.22 bits per heavy atom. The molecule has 13 rings (SSSR count). The molecule has 2 nitrogen and oxygen atoms in total. The van der Waals surface area contributed by atoms with Crippen molar-refractivity contribution in [2.24, 2.45) is 0 Å². The molecule has 0 atom stereocenters. The van der Waals surface area contributed by atoms with E-state index < -0.39 is 5.41 Å². The number of para-hydroxylation sites is 2. The van der Waals surface area contributed by atoms with Crippen LogP contribution in [-0.4, -0.2) is 0 Å². The Kier molecular flexibility index (Phi) is 7.37. The highest BCUT2D eigenvalue weighted by Crippen LogP contribution is 2.62. The predicted molar refractivity (Wildman–Crippen MR) is 259 cm³/mol. The number of fused-ring (bicyclic) bond motifs is 15. The van der Waals surface area contributed by atoms with Gasteiger partial charge >= 0.3 is 0 Å². The van der Waals surface area contributed by atoms with E-state index >= 15 is 0 Å². The fraction of sp³-hybridized carbons (Fsp3) is 0.115. The first-order chi connectivity index (χ1) is 30.7. The first-order valence-electron chi connectivity index (χ1n) is 22.3. The second-order valence-corrected chi connectivity index (χ2v) is 18.8. The van der Waals surface area contributed by atoms with Gasteiger partial charge in [-0.15, -0.1) is 0 Å². The molecule has 9 aromatic carbocycles. The third-order valence-corrected chi connectivity index (χ3v) is 15.0. The van der Waals surface area contributed by atoms with Crippen molar-refractivity contribution in [2.45, 2.75) is 43.9 Å². The molecule has 1 aliphatic heterocycles. The van der Waals surface area contributed by atoms with Gasteiger partial charge in [-0.25, -0.2) is 0 Å². The molecule has 0 amide bonds. The van der Waals surface area contributed by atoms with Crippen LogP contribution in [0.2, 0.25) is 0 Å². The lowest BCUT2D eigenvalue weighted by Crippen LogP contribution is -2.32. The van der Waals surface area contributed by atoms with Crippen molar-refractivity contribution >= 4 is 17.1 Å². The smallest absolute Gasteiger partial charge is 0.132 e. The van der Waals surface area contributed by atoms with E-state index in [-0.39, 0.29) is 10.8 Å². The first kappa shape index (κ1) is 36.3. The number of anilines is 3. The van der Waals surface area contributed by atoms with Crippen LogP contribution < -0.4 is 9.64 Å². The predicted octanol–water partition coefficient (Wildman–Crippen LogP) is 15.9. The van der Waals surface area contributed by atoms with Crippen LogP contribution in [0.15, 0.2) is 200 Å². The Bertz CT molecular complexity index is 3230. The van der Waals surface area contributed by atoms with Crippen LogP contribution in [0, 0.1) is 0 Å². The Labute approximate surface area is 369 Å². The Morgan fingerprint density at radius 1 is 0.302 bits per heavy atom. The highest BCUT2D eigenvalue weighted by atomic mass is 16.5. The maximum atomic E-state index is 6.62. The largest absolute Gasteiger partial charge is 0.457 e. The van der Waals surface area contributed by atoms with Crippen LogP contribution in [0.4, 0.5) is 17.1 Å². The van der Waals surface area contributed by atoms with E-state index in [4.69, 9.17) is 4.74 Å². The molecule has 0 saturated heterocycles. The summed E-state index contributed by atoms with van der Waals surface area (Å²) in [5.41, 5.74) is 23.4. The van der Waals surface area contributed by atoms with Crippen LogP contribution in [-0.2, 0) is 16.2 Å². The Morgan fingerprint density at radius 2 is 0.683 bits per heavy atom.